The molecular weight excluding hydrogens is 165 g/mol. The van der Waals surface area contributed by atoms with Crippen molar-refractivity contribution >= 4 is 9.24 Å². The van der Waals surface area contributed by atoms with E-state index in [9.17, 15) is 0 Å². The second kappa shape index (κ2) is 4.02. The fraction of sp³-hybridized carbons (Fsp3) is 0.667. The predicted octanol–water partition coefficient (Wildman–Crippen LogP) is 0.227. The smallest absolute Gasteiger partial charge is 0.107 e. The van der Waals surface area contributed by atoms with Crippen molar-refractivity contribution in [2.45, 2.75) is 5.16 Å². The third kappa shape index (κ3) is 2.75. The van der Waals surface area contributed by atoms with E-state index in [1.54, 1.807) is 0 Å². The standard InChI is InChI=1S/C6H12NO3P/c1-2-9-7-10-5-6(11)3-8-4-6/h2,7H,1,3-5,11H2. The lowest BCUT2D eigenvalue weighted by Gasteiger charge is -2.36. The van der Waals surface area contributed by atoms with Crippen LogP contribution in [-0.2, 0) is 14.4 Å². The van der Waals surface area contributed by atoms with Crippen LogP contribution in [0.15, 0.2) is 12.8 Å². The molecule has 0 aromatic rings. The summed E-state index contributed by atoms with van der Waals surface area (Å²) in [4.78, 5) is 9.48. The SMILES string of the molecule is C=CONOCC1(P)COC1. The van der Waals surface area contributed by atoms with Gasteiger partial charge in [0.05, 0.1) is 25.0 Å². The molecule has 1 unspecified atom stereocenters. The minimum atomic E-state index is 0.0670. The molecule has 11 heavy (non-hydrogen) atoms. The van der Waals surface area contributed by atoms with E-state index in [2.05, 4.69) is 26.3 Å². The van der Waals surface area contributed by atoms with Crippen LogP contribution >= 0.6 is 9.24 Å². The highest BCUT2D eigenvalue weighted by atomic mass is 31.0. The van der Waals surface area contributed by atoms with Crippen molar-refractivity contribution in [1.29, 1.82) is 0 Å². The molecule has 1 heterocycles. The lowest BCUT2D eigenvalue weighted by molar-refractivity contribution is -0.161. The summed E-state index contributed by atoms with van der Waals surface area (Å²) < 4.78 is 5.01. The summed E-state index contributed by atoms with van der Waals surface area (Å²) in [5.41, 5.74) is 2.27. The van der Waals surface area contributed by atoms with E-state index in [1.807, 2.05) is 0 Å². The molecule has 1 atom stereocenters. The maximum absolute atomic E-state index is 5.01. The first-order valence-electron chi connectivity index (χ1n) is 3.27. The van der Waals surface area contributed by atoms with E-state index in [1.165, 1.54) is 6.26 Å². The van der Waals surface area contributed by atoms with Crippen LogP contribution in [0.3, 0.4) is 0 Å². The second-order valence-electron chi connectivity index (χ2n) is 2.51. The van der Waals surface area contributed by atoms with Crippen molar-refractivity contribution in [2.75, 3.05) is 19.8 Å². The molecule has 1 saturated heterocycles. The van der Waals surface area contributed by atoms with E-state index in [0.29, 0.717) is 19.8 Å². The monoisotopic (exact) mass is 177 g/mol. The molecule has 1 N–H and O–H groups in total. The molecule has 1 fully saturated rings. The summed E-state index contributed by atoms with van der Waals surface area (Å²) in [7, 11) is 2.69. The molecular formula is C6H12NO3P. The molecule has 1 rings (SSSR count). The van der Waals surface area contributed by atoms with E-state index in [4.69, 9.17) is 9.57 Å². The van der Waals surface area contributed by atoms with Crippen LogP contribution in [-0.4, -0.2) is 25.0 Å². The quantitative estimate of drug-likeness (QED) is 0.282. The molecule has 5 heteroatoms. The third-order valence-corrected chi connectivity index (χ3v) is 1.83. The van der Waals surface area contributed by atoms with Gasteiger partial charge in [0, 0.05) is 0 Å². The molecule has 0 aromatic carbocycles. The highest BCUT2D eigenvalue weighted by Gasteiger charge is 2.34. The molecule has 1 aliphatic heterocycles. The minimum absolute atomic E-state index is 0.0670. The summed E-state index contributed by atoms with van der Waals surface area (Å²) in [6, 6.07) is 0. The maximum Gasteiger partial charge on any atom is 0.107 e. The number of hydrogen-bond acceptors (Lipinski definition) is 4. The maximum atomic E-state index is 5.01. The van der Waals surface area contributed by atoms with E-state index in [-0.39, 0.29) is 5.16 Å². The number of nitrogens with one attached hydrogen (secondary N) is 1. The van der Waals surface area contributed by atoms with Crippen molar-refractivity contribution < 1.29 is 14.4 Å². The van der Waals surface area contributed by atoms with Crippen LogP contribution in [0.25, 0.3) is 0 Å². The van der Waals surface area contributed by atoms with E-state index in [0.717, 1.165) is 0 Å². The molecule has 0 saturated carbocycles. The topological polar surface area (TPSA) is 39.7 Å². The van der Waals surface area contributed by atoms with Crippen LogP contribution in [0.1, 0.15) is 0 Å². The fourth-order valence-corrected chi connectivity index (χ4v) is 1.01. The van der Waals surface area contributed by atoms with Gasteiger partial charge in [-0.1, -0.05) is 6.58 Å². The van der Waals surface area contributed by atoms with E-state index < -0.39 is 0 Å². The van der Waals surface area contributed by atoms with Gasteiger partial charge in [0.2, 0.25) is 0 Å². The lowest BCUT2D eigenvalue weighted by atomic mass is 10.1. The molecule has 1 aliphatic rings. The van der Waals surface area contributed by atoms with Gasteiger partial charge in [0.15, 0.2) is 0 Å². The zero-order chi connectivity index (χ0) is 8.16. The second-order valence-corrected chi connectivity index (χ2v) is 3.74. The average molecular weight is 177 g/mol. The van der Waals surface area contributed by atoms with Crippen LogP contribution in [0.4, 0.5) is 0 Å². The van der Waals surface area contributed by atoms with Gasteiger partial charge in [-0.15, -0.1) is 9.24 Å². The molecule has 0 amide bonds. The zero-order valence-corrected chi connectivity index (χ0v) is 7.36. The largest absolute Gasteiger partial charge is 0.392 e. The van der Waals surface area contributed by atoms with Crippen LogP contribution < -0.4 is 5.64 Å². The van der Waals surface area contributed by atoms with Gasteiger partial charge >= 0.3 is 0 Å². The van der Waals surface area contributed by atoms with Crippen LogP contribution in [0.2, 0.25) is 0 Å². The molecule has 0 aromatic heterocycles. The summed E-state index contributed by atoms with van der Waals surface area (Å²) in [5, 5.41) is 0.0670. The molecule has 0 spiro atoms. The Balaban J connectivity index is 1.97. The van der Waals surface area contributed by atoms with Crippen molar-refractivity contribution in [3.63, 3.8) is 0 Å². The highest BCUT2D eigenvalue weighted by Crippen LogP contribution is 2.27. The number of ether oxygens (including phenoxy) is 1. The first-order chi connectivity index (χ1) is 5.27. The van der Waals surface area contributed by atoms with Crippen LogP contribution in [0, 0.1) is 0 Å². The van der Waals surface area contributed by atoms with Crippen molar-refractivity contribution in [3.05, 3.63) is 12.8 Å². The Morgan fingerprint density at radius 2 is 2.45 bits per heavy atom. The van der Waals surface area contributed by atoms with Gasteiger partial charge in [0.25, 0.3) is 0 Å². The fourth-order valence-electron chi connectivity index (χ4n) is 0.689. The Hall–Kier alpha value is -0.150. The summed E-state index contributed by atoms with van der Waals surface area (Å²) in [5.74, 6) is 0. The van der Waals surface area contributed by atoms with Crippen molar-refractivity contribution in [3.8, 4) is 0 Å². The van der Waals surface area contributed by atoms with Crippen molar-refractivity contribution in [2.24, 2.45) is 0 Å². The van der Waals surface area contributed by atoms with E-state index >= 15 is 0 Å². The predicted molar refractivity (Wildman–Crippen MR) is 43.6 cm³/mol. The Morgan fingerprint density at radius 3 is 2.91 bits per heavy atom. The number of rotatable bonds is 5. The zero-order valence-electron chi connectivity index (χ0n) is 6.21. The first-order valence-corrected chi connectivity index (χ1v) is 3.84. The van der Waals surface area contributed by atoms with Gasteiger partial charge < -0.3 is 9.57 Å². The molecule has 0 bridgehead atoms. The summed E-state index contributed by atoms with van der Waals surface area (Å²) >= 11 is 0. The lowest BCUT2D eigenvalue weighted by Crippen LogP contribution is -2.48. The molecule has 0 aliphatic carbocycles. The first kappa shape index (κ1) is 8.94. The molecule has 0 radical (unpaired) electrons. The van der Waals surface area contributed by atoms with Crippen molar-refractivity contribution in [1.82, 2.24) is 5.64 Å². The van der Waals surface area contributed by atoms with Gasteiger partial charge in [-0.05, 0) is 5.64 Å². The average Bonchev–Trinajstić information content (AvgIpc) is 1.95. The van der Waals surface area contributed by atoms with Crippen LogP contribution in [0.5, 0.6) is 0 Å². The third-order valence-electron chi connectivity index (χ3n) is 1.33. The molecule has 4 nitrogen and oxygen atoms in total. The number of hydrogen-bond donors (Lipinski definition) is 1. The highest BCUT2D eigenvalue weighted by molar-refractivity contribution is 7.19. The Labute approximate surface area is 68.0 Å². The summed E-state index contributed by atoms with van der Waals surface area (Å²) in [6.07, 6.45) is 1.26. The Bertz CT molecular complexity index is 138. The van der Waals surface area contributed by atoms with Gasteiger partial charge in [-0.2, -0.15) is 0 Å². The van der Waals surface area contributed by atoms with Gasteiger partial charge in [0.1, 0.15) is 6.26 Å². The minimum Gasteiger partial charge on any atom is -0.392 e. The van der Waals surface area contributed by atoms with Gasteiger partial charge in [-0.25, -0.2) is 0 Å². The van der Waals surface area contributed by atoms with Gasteiger partial charge in [-0.3, -0.25) is 4.84 Å². The molecule has 64 valence electrons. The Kier molecular flexibility index (Phi) is 3.27. The Morgan fingerprint density at radius 1 is 1.73 bits per heavy atom. The normalized spacial score (nSPS) is 20.5. The summed E-state index contributed by atoms with van der Waals surface area (Å²) in [6.45, 7) is 5.31.